The number of allylic oxidation sites excluding steroid dienone is 1. The first kappa shape index (κ1) is 62.8. The average Bonchev–Trinajstić information content (AvgIpc) is 2.35. The molecule has 10 fully saturated rings. The van der Waals surface area contributed by atoms with E-state index in [0.717, 1.165) is 56.9 Å². The van der Waals surface area contributed by atoms with Crippen LogP contribution in [0.4, 0.5) is 0 Å². The van der Waals surface area contributed by atoms with Crippen LogP contribution in [0, 0.1) is 56.7 Å². The van der Waals surface area contributed by atoms with Crippen LogP contribution < -0.4 is 0 Å². The van der Waals surface area contributed by atoms with Crippen molar-refractivity contribution in [1.29, 1.82) is 0 Å². The summed E-state index contributed by atoms with van der Waals surface area (Å²) < 4.78 is 60.5. The van der Waals surface area contributed by atoms with Crippen molar-refractivity contribution in [3.8, 4) is 0 Å². The fourth-order valence-corrected chi connectivity index (χ4v) is 18.2. The Kier molecular flexibility index (Phi) is 18.1. The van der Waals surface area contributed by atoms with Gasteiger partial charge in [0.25, 0.3) is 0 Å². The smallest absolute Gasteiger partial charge is 0.187 e. The van der Waals surface area contributed by atoms with Gasteiger partial charge in [-0.25, -0.2) is 0 Å². The van der Waals surface area contributed by atoms with E-state index in [9.17, 15) is 71.5 Å². The van der Waals surface area contributed by atoms with Gasteiger partial charge in [0.05, 0.1) is 51.3 Å². The van der Waals surface area contributed by atoms with Gasteiger partial charge in [0, 0.05) is 0 Å². The topological polar surface area (TPSA) is 376 Å². The zero-order chi connectivity index (χ0) is 58.8. The Morgan fingerprint density at radius 1 is 0.531 bits per heavy atom. The Hall–Kier alpha value is -1.22. The molecule has 24 heteroatoms. The molecular weight excluding hydrogens is 1070 g/mol. The van der Waals surface area contributed by atoms with E-state index in [1.807, 2.05) is 0 Å². The quantitative estimate of drug-likeness (QED) is 0.0703. The minimum Gasteiger partial charge on any atom is -0.394 e. The lowest BCUT2D eigenvalue weighted by molar-refractivity contribution is -0.394. The SMILES string of the molecule is C=C(C)[C@@H]1CC[C@]2(CO[C@@H]3O[C@@H](C)[C@H](O)[C@@H](O)[C@H]3O)CC[C@]3(C)[C@H](CC[C@@H]4[C@@]5(C)C[C@@H](O)[C@H](O[C@@H]6O[C@H](CO)[C@@H](O[C@@H]7OC[C@@H](O)[C@H](O)[C@H]7O)[C@H](O)[C@H]6O[C@@H]6OC[C@@H](O[C@@H]7OC[C@H](O)[C@H](O)[C@H]7O)[C@H](O)[C@H]6O)C(C)(C)[C@@H]5CC[C@]43C)[C@@H]12. The molecule has 5 aliphatic heterocycles. The standard InChI is InChI=1S/C57H94O24/c1-23(2)25-11-14-57(22-75-51-43(70)39(66)35(62)24(3)76-51)16-15-55(7)26(34(25)57)9-10-33-54(6)17-27(59)47(53(4,5)32(54)12-13-56(33,55)8)81-52-46(44(71)45(30(18-58)77-52)79-49-41(68)37(64)29(61)20-73-49)80-50-42(69)38(65)31(21-74-50)78-48-40(67)36(63)28(60)19-72-48/h24-52,58-71H,1,9-22H2,2-8H3/t24-,25-,26+,27+,28-,29+,30+,31+,32-,33+,34+,35-,36-,37-,38-,39+,40+,41+,42+,43+,44-,45+,46+,47-,48-,49-,50-,51+,52-,54-,55+,56+,57+/m0/s1. The van der Waals surface area contributed by atoms with Gasteiger partial charge < -0.3 is 119 Å². The largest absolute Gasteiger partial charge is 0.394 e. The van der Waals surface area contributed by atoms with Crippen molar-refractivity contribution in [1.82, 2.24) is 0 Å². The van der Waals surface area contributed by atoms with E-state index in [1.54, 1.807) is 6.92 Å². The van der Waals surface area contributed by atoms with Crippen molar-refractivity contribution >= 4 is 0 Å². The van der Waals surface area contributed by atoms with E-state index in [2.05, 4.69) is 48.1 Å². The van der Waals surface area contributed by atoms with E-state index >= 15 is 0 Å². The highest BCUT2D eigenvalue weighted by molar-refractivity contribution is 5.22. The molecule has 0 aromatic rings. The molecule has 5 saturated carbocycles. The fraction of sp³-hybridized carbons (Fsp3) is 0.965. The van der Waals surface area contributed by atoms with Crippen LogP contribution >= 0.6 is 0 Å². The molecule has 5 heterocycles. The van der Waals surface area contributed by atoms with Crippen molar-refractivity contribution in [3.05, 3.63) is 12.2 Å². The molecule has 0 bridgehead atoms. The highest BCUT2D eigenvalue weighted by atomic mass is 16.8. The fourth-order valence-electron chi connectivity index (χ4n) is 18.2. The Morgan fingerprint density at radius 2 is 1.12 bits per heavy atom. The highest BCUT2D eigenvalue weighted by Gasteiger charge is 2.72. The summed E-state index contributed by atoms with van der Waals surface area (Å²) >= 11 is 0. The Labute approximate surface area is 473 Å². The Morgan fingerprint density at radius 3 is 1.75 bits per heavy atom. The lowest BCUT2D eigenvalue weighted by atomic mass is 9.32. The molecule has 0 aromatic carbocycles. The number of aliphatic hydroxyl groups excluding tert-OH is 14. The number of hydrogen-bond acceptors (Lipinski definition) is 24. The second-order valence-corrected chi connectivity index (χ2v) is 27.5. The maximum Gasteiger partial charge on any atom is 0.187 e. The molecule has 10 rings (SSSR count). The summed E-state index contributed by atoms with van der Waals surface area (Å²) in [6.45, 7) is 17.9. The molecule has 5 aliphatic carbocycles. The van der Waals surface area contributed by atoms with Crippen LogP contribution in [-0.2, 0) is 47.4 Å². The molecule has 466 valence electrons. The van der Waals surface area contributed by atoms with Crippen molar-refractivity contribution in [3.63, 3.8) is 0 Å². The van der Waals surface area contributed by atoms with Crippen LogP contribution in [-0.4, -0.2) is 252 Å². The van der Waals surface area contributed by atoms with E-state index in [0.29, 0.717) is 18.9 Å². The van der Waals surface area contributed by atoms with E-state index in [1.165, 1.54) is 0 Å². The minimum absolute atomic E-state index is 0.0172. The molecular formula is C57H94O24. The first-order valence-electron chi connectivity index (χ1n) is 29.6. The summed E-state index contributed by atoms with van der Waals surface area (Å²) in [5.74, 6) is 0.958. The Balaban J connectivity index is 0.884. The molecule has 14 N–H and O–H groups in total. The summed E-state index contributed by atoms with van der Waals surface area (Å²) in [6, 6.07) is 0. The predicted octanol–water partition coefficient (Wildman–Crippen LogP) is -1.97. The van der Waals surface area contributed by atoms with Gasteiger partial charge in [-0.2, -0.15) is 0 Å². The zero-order valence-corrected chi connectivity index (χ0v) is 47.7. The van der Waals surface area contributed by atoms with Gasteiger partial charge in [0.1, 0.15) is 97.7 Å². The normalized spacial score (nSPS) is 56.4. The summed E-state index contributed by atoms with van der Waals surface area (Å²) in [7, 11) is 0. The van der Waals surface area contributed by atoms with Crippen LogP contribution in [0.15, 0.2) is 12.2 Å². The second kappa shape index (κ2) is 23.4. The van der Waals surface area contributed by atoms with Crippen molar-refractivity contribution in [2.75, 3.05) is 33.0 Å². The molecule has 10 aliphatic rings. The number of ether oxygens (including phenoxy) is 10. The third kappa shape index (κ3) is 10.6. The second-order valence-electron chi connectivity index (χ2n) is 27.5. The predicted molar refractivity (Wildman–Crippen MR) is 277 cm³/mol. The first-order valence-corrected chi connectivity index (χ1v) is 29.6. The highest BCUT2D eigenvalue weighted by Crippen LogP contribution is 2.78. The van der Waals surface area contributed by atoms with Crippen LogP contribution in [0.3, 0.4) is 0 Å². The van der Waals surface area contributed by atoms with Crippen molar-refractivity contribution < 1.29 is 119 Å². The van der Waals surface area contributed by atoms with E-state index in [4.69, 9.17) is 47.4 Å². The zero-order valence-electron chi connectivity index (χ0n) is 47.7. The molecule has 81 heavy (non-hydrogen) atoms. The lowest BCUT2D eigenvalue weighted by Gasteiger charge is -2.73. The van der Waals surface area contributed by atoms with Gasteiger partial charge in [0.2, 0.25) is 0 Å². The monoisotopic (exact) mass is 1160 g/mol. The van der Waals surface area contributed by atoms with Crippen molar-refractivity contribution in [2.45, 2.75) is 254 Å². The average molecular weight is 1160 g/mol. The molecule has 0 aromatic heterocycles. The van der Waals surface area contributed by atoms with E-state index < -0.39 is 185 Å². The van der Waals surface area contributed by atoms with Crippen molar-refractivity contribution in [2.24, 2.45) is 56.7 Å². The number of aliphatic hydroxyl groups is 14. The summed E-state index contributed by atoms with van der Waals surface area (Å²) in [5, 5.41) is 153. The maximum atomic E-state index is 12.7. The first-order chi connectivity index (χ1) is 38.0. The summed E-state index contributed by atoms with van der Waals surface area (Å²) in [6.07, 6.45) is -28.2. The summed E-state index contributed by atoms with van der Waals surface area (Å²) in [5.41, 5.74) is -0.562. The van der Waals surface area contributed by atoms with Gasteiger partial charge in [-0.1, -0.05) is 46.8 Å². The molecule has 24 nitrogen and oxygen atoms in total. The van der Waals surface area contributed by atoms with E-state index in [-0.39, 0.29) is 39.9 Å². The van der Waals surface area contributed by atoms with Gasteiger partial charge in [-0.3, -0.25) is 0 Å². The molecule has 5 saturated heterocycles. The minimum atomic E-state index is -1.91. The van der Waals surface area contributed by atoms with Gasteiger partial charge in [0.15, 0.2) is 31.5 Å². The lowest BCUT2D eigenvalue weighted by Crippen LogP contribution is -2.70. The molecule has 0 spiro atoms. The van der Waals surface area contributed by atoms with Crippen LogP contribution in [0.25, 0.3) is 0 Å². The van der Waals surface area contributed by atoms with Gasteiger partial charge in [-0.15, -0.1) is 0 Å². The molecule has 0 unspecified atom stereocenters. The number of rotatable bonds is 13. The molecule has 0 radical (unpaired) electrons. The molecule has 33 atom stereocenters. The van der Waals surface area contributed by atoms with Crippen LogP contribution in [0.2, 0.25) is 0 Å². The van der Waals surface area contributed by atoms with Gasteiger partial charge >= 0.3 is 0 Å². The number of fused-ring (bicyclic) bond motifs is 7. The van der Waals surface area contributed by atoms with Crippen LogP contribution in [0.5, 0.6) is 0 Å². The van der Waals surface area contributed by atoms with Gasteiger partial charge in [-0.05, 0) is 128 Å². The molecule has 0 amide bonds. The maximum absolute atomic E-state index is 12.7. The third-order valence-corrected chi connectivity index (χ3v) is 22.8. The third-order valence-electron chi connectivity index (χ3n) is 22.8. The summed E-state index contributed by atoms with van der Waals surface area (Å²) in [4.78, 5) is 0. The Bertz CT molecular complexity index is 2180. The van der Waals surface area contributed by atoms with Crippen LogP contribution in [0.1, 0.15) is 106 Å². The number of hydrogen-bond donors (Lipinski definition) is 14.